The van der Waals surface area contributed by atoms with E-state index in [9.17, 15) is 14.9 Å². The second kappa shape index (κ2) is 4.73. The third-order valence-electron chi connectivity index (χ3n) is 3.11. The summed E-state index contributed by atoms with van der Waals surface area (Å²) < 4.78 is 0. The third kappa shape index (κ3) is 2.33. The molecule has 0 spiro atoms. The van der Waals surface area contributed by atoms with Gasteiger partial charge in [-0.05, 0) is 20.0 Å². The number of rotatable bonds is 2. The molecule has 0 aliphatic carbocycles. The van der Waals surface area contributed by atoms with Crippen molar-refractivity contribution < 1.29 is 9.72 Å². The van der Waals surface area contributed by atoms with E-state index < -0.39 is 4.92 Å². The summed E-state index contributed by atoms with van der Waals surface area (Å²) in [6, 6.07) is 4.91. The number of nitro groups is 1. The van der Waals surface area contributed by atoms with Gasteiger partial charge in [0.15, 0.2) is 0 Å². The van der Waals surface area contributed by atoms with Crippen molar-refractivity contribution >= 4 is 17.3 Å². The monoisotopic (exact) mass is 249 g/mol. The van der Waals surface area contributed by atoms with E-state index in [0.29, 0.717) is 24.3 Å². The third-order valence-corrected chi connectivity index (χ3v) is 3.11. The molecular weight excluding hydrogens is 234 g/mol. The molecule has 1 aromatic carbocycles. The molecule has 18 heavy (non-hydrogen) atoms. The summed E-state index contributed by atoms with van der Waals surface area (Å²) in [4.78, 5) is 25.9. The van der Waals surface area contributed by atoms with Gasteiger partial charge in [-0.3, -0.25) is 19.8 Å². The number of piperazine rings is 1. The van der Waals surface area contributed by atoms with Gasteiger partial charge in [-0.15, -0.1) is 0 Å². The van der Waals surface area contributed by atoms with Gasteiger partial charge >= 0.3 is 0 Å². The Morgan fingerprint density at radius 2 is 2.06 bits per heavy atom. The lowest BCUT2D eigenvalue weighted by molar-refractivity contribution is -0.385. The number of hydrogen-bond acceptors (Lipinski definition) is 4. The highest BCUT2D eigenvalue weighted by Crippen LogP contribution is 2.25. The van der Waals surface area contributed by atoms with Crippen LogP contribution in [0.1, 0.15) is 5.56 Å². The highest BCUT2D eigenvalue weighted by molar-refractivity contribution is 5.95. The summed E-state index contributed by atoms with van der Waals surface area (Å²) in [6.07, 6.45) is 0. The topological polar surface area (TPSA) is 66.7 Å². The number of nitrogens with zero attached hydrogens (tertiary/aromatic N) is 3. The normalized spacial score (nSPS) is 17.0. The van der Waals surface area contributed by atoms with E-state index in [4.69, 9.17) is 0 Å². The van der Waals surface area contributed by atoms with E-state index >= 15 is 0 Å². The van der Waals surface area contributed by atoms with Crippen molar-refractivity contribution in [2.45, 2.75) is 6.92 Å². The van der Waals surface area contributed by atoms with Crippen LogP contribution in [0.2, 0.25) is 0 Å². The first-order chi connectivity index (χ1) is 8.49. The SMILES string of the molecule is Cc1ccc(N2CCN(C)CC2=O)cc1[N+](=O)[O-]. The number of likely N-dealkylation sites (N-methyl/N-ethyl adjacent to an activating group) is 1. The Balaban J connectivity index is 2.31. The van der Waals surface area contributed by atoms with Crippen molar-refractivity contribution in [1.82, 2.24) is 4.90 Å². The van der Waals surface area contributed by atoms with E-state index in [1.165, 1.54) is 6.07 Å². The first kappa shape index (κ1) is 12.5. The average molecular weight is 249 g/mol. The van der Waals surface area contributed by atoms with Gasteiger partial charge in [0.1, 0.15) is 0 Å². The minimum atomic E-state index is -0.417. The molecule has 1 aliphatic rings. The number of aryl methyl sites for hydroxylation is 1. The number of amides is 1. The summed E-state index contributed by atoms with van der Waals surface area (Å²) in [5.41, 5.74) is 1.26. The van der Waals surface area contributed by atoms with Crippen molar-refractivity contribution in [3.63, 3.8) is 0 Å². The molecule has 1 amide bonds. The molecule has 1 fully saturated rings. The summed E-state index contributed by atoms with van der Waals surface area (Å²) in [5, 5.41) is 10.9. The molecular formula is C12H15N3O3. The van der Waals surface area contributed by atoms with Crippen LogP contribution < -0.4 is 4.90 Å². The van der Waals surface area contributed by atoms with Gasteiger partial charge in [-0.2, -0.15) is 0 Å². The molecule has 0 N–H and O–H groups in total. The first-order valence-electron chi connectivity index (χ1n) is 5.73. The van der Waals surface area contributed by atoms with Crippen LogP contribution in [-0.4, -0.2) is 42.4 Å². The van der Waals surface area contributed by atoms with Crippen LogP contribution in [0.4, 0.5) is 11.4 Å². The molecule has 1 aliphatic heterocycles. The minimum absolute atomic E-state index is 0.0260. The fourth-order valence-electron chi connectivity index (χ4n) is 2.03. The maximum absolute atomic E-state index is 11.9. The second-order valence-electron chi connectivity index (χ2n) is 4.51. The van der Waals surface area contributed by atoms with E-state index in [1.54, 1.807) is 24.0 Å². The Morgan fingerprint density at radius 3 is 2.67 bits per heavy atom. The summed E-state index contributed by atoms with van der Waals surface area (Å²) in [6.45, 7) is 3.37. The van der Waals surface area contributed by atoms with Crippen molar-refractivity contribution in [3.8, 4) is 0 Å². The van der Waals surface area contributed by atoms with E-state index in [-0.39, 0.29) is 11.6 Å². The van der Waals surface area contributed by atoms with Gasteiger partial charge in [0, 0.05) is 24.7 Å². The molecule has 1 aromatic rings. The number of anilines is 1. The highest BCUT2D eigenvalue weighted by atomic mass is 16.6. The van der Waals surface area contributed by atoms with Gasteiger partial charge in [0.05, 0.1) is 17.2 Å². The summed E-state index contributed by atoms with van der Waals surface area (Å²) >= 11 is 0. The second-order valence-corrected chi connectivity index (χ2v) is 4.51. The van der Waals surface area contributed by atoms with Crippen LogP contribution in [-0.2, 0) is 4.79 Å². The lowest BCUT2D eigenvalue weighted by Gasteiger charge is -2.32. The predicted molar refractivity (Wildman–Crippen MR) is 67.7 cm³/mol. The Labute approximate surface area is 105 Å². The van der Waals surface area contributed by atoms with Crippen molar-refractivity contribution in [1.29, 1.82) is 0 Å². The summed E-state index contributed by atoms with van der Waals surface area (Å²) in [7, 11) is 1.88. The number of hydrogen-bond donors (Lipinski definition) is 0. The summed E-state index contributed by atoms with van der Waals surface area (Å²) in [5.74, 6) is -0.0260. The molecule has 1 heterocycles. The average Bonchev–Trinajstić information content (AvgIpc) is 2.30. The maximum atomic E-state index is 11.9. The maximum Gasteiger partial charge on any atom is 0.274 e. The quantitative estimate of drug-likeness (QED) is 0.583. The molecule has 96 valence electrons. The molecule has 0 aromatic heterocycles. The van der Waals surface area contributed by atoms with Crippen molar-refractivity contribution in [3.05, 3.63) is 33.9 Å². The largest absolute Gasteiger partial charge is 0.310 e. The number of nitro benzene ring substituents is 1. The van der Waals surface area contributed by atoms with E-state index in [2.05, 4.69) is 0 Å². The van der Waals surface area contributed by atoms with Gasteiger partial charge in [0.25, 0.3) is 5.69 Å². The van der Waals surface area contributed by atoms with Gasteiger partial charge in [0.2, 0.25) is 5.91 Å². The van der Waals surface area contributed by atoms with Crippen LogP contribution in [0.3, 0.4) is 0 Å². The zero-order chi connectivity index (χ0) is 13.3. The minimum Gasteiger partial charge on any atom is -0.310 e. The van der Waals surface area contributed by atoms with E-state index in [0.717, 1.165) is 6.54 Å². The molecule has 1 saturated heterocycles. The molecule has 0 unspecified atom stereocenters. The molecule has 2 rings (SSSR count). The first-order valence-corrected chi connectivity index (χ1v) is 5.73. The van der Waals surface area contributed by atoms with Gasteiger partial charge < -0.3 is 4.90 Å². The van der Waals surface area contributed by atoms with Crippen LogP contribution in [0.5, 0.6) is 0 Å². The molecule has 6 heteroatoms. The highest BCUT2D eigenvalue weighted by Gasteiger charge is 2.24. The Kier molecular flexibility index (Phi) is 3.29. The Hall–Kier alpha value is -1.95. The molecule has 6 nitrogen and oxygen atoms in total. The Morgan fingerprint density at radius 1 is 1.33 bits per heavy atom. The Bertz CT molecular complexity index is 501. The molecule has 0 radical (unpaired) electrons. The van der Waals surface area contributed by atoms with Gasteiger partial charge in [-0.1, -0.05) is 6.07 Å². The van der Waals surface area contributed by atoms with Gasteiger partial charge in [-0.25, -0.2) is 0 Å². The standard InChI is InChI=1S/C12H15N3O3/c1-9-3-4-10(7-11(9)15(17)18)14-6-5-13(2)8-12(14)16/h3-4,7H,5-6,8H2,1-2H3. The number of benzene rings is 1. The van der Waals surface area contributed by atoms with Crippen LogP contribution >= 0.6 is 0 Å². The fraction of sp³-hybridized carbons (Fsp3) is 0.417. The fourth-order valence-corrected chi connectivity index (χ4v) is 2.03. The lowest BCUT2D eigenvalue weighted by atomic mass is 10.1. The predicted octanol–water partition coefficient (Wildman–Crippen LogP) is 1.18. The van der Waals surface area contributed by atoms with Crippen LogP contribution in [0.25, 0.3) is 0 Å². The molecule has 0 atom stereocenters. The number of carbonyl (C=O) groups excluding carboxylic acids is 1. The number of carbonyl (C=O) groups is 1. The van der Waals surface area contributed by atoms with Crippen LogP contribution in [0, 0.1) is 17.0 Å². The van der Waals surface area contributed by atoms with Crippen LogP contribution in [0.15, 0.2) is 18.2 Å². The van der Waals surface area contributed by atoms with Crippen molar-refractivity contribution in [2.24, 2.45) is 0 Å². The smallest absolute Gasteiger partial charge is 0.274 e. The zero-order valence-electron chi connectivity index (χ0n) is 10.4. The lowest BCUT2D eigenvalue weighted by Crippen LogP contribution is -2.48. The van der Waals surface area contributed by atoms with Crippen molar-refractivity contribution in [2.75, 3.05) is 31.6 Å². The zero-order valence-corrected chi connectivity index (χ0v) is 10.4. The van der Waals surface area contributed by atoms with E-state index in [1.807, 2.05) is 11.9 Å². The molecule has 0 bridgehead atoms. The molecule has 0 saturated carbocycles.